The number of nitrogens with one attached hydrogen (secondary N) is 1. The summed E-state index contributed by atoms with van der Waals surface area (Å²) in [5.74, 6) is 4.66. The minimum absolute atomic E-state index is 0.0712. The minimum atomic E-state index is -2.75. The van der Waals surface area contributed by atoms with Gasteiger partial charge < -0.3 is 9.80 Å². The Labute approximate surface area is 325 Å². The highest BCUT2D eigenvalue weighted by Gasteiger charge is 2.44. The lowest BCUT2D eigenvalue weighted by Crippen LogP contribution is -2.54. The number of piperidine rings is 2. The number of piperazine rings is 1. The summed E-state index contributed by atoms with van der Waals surface area (Å²) in [6.45, 7) is 2.03. The molecule has 3 fully saturated rings. The number of amides is 4. The summed E-state index contributed by atoms with van der Waals surface area (Å²) in [6.07, 6.45) is 6.37. The van der Waals surface area contributed by atoms with Crippen LogP contribution in [0.5, 0.6) is 0 Å². The molecule has 12 nitrogen and oxygen atoms in total. The van der Waals surface area contributed by atoms with Crippen LogP contribution in [0.1, 0.15) is 52.9 Å². The van der Waals surface area contributed by atoms with Gasteiger partial charge in [0.2, 0.25) is 11.8 Å². The quantitative estimate of drug-likeness (QED) is 0.183. The predicted molar refractivity (Wildman–Crippen MR) is 206 cm³/mol. The molecule has 2 aromatic carbocycles. The van der Waals surface area contributed by atoms with Crippen molar-refractivity contribution < 1.29 is 32.3 Å². The molecule has 7 heterocycles. The van der Waals surface area contributed by atoms with Crippen molar-refractivity contribution in [3.63, 3.8) is 0 Å². The lowest BCUT2D eigenvalue weighted by Gasteiger charge is -2.35. The van der Waals surface area contributed by atoms with Crippen molar-refractivity contribution in [1.82, 2.24) is 29.7 Å². The van der Waals surface area contributed by atoms with Crippen molar-refractivity contribution in [3.8, 4) is 23.0 Å². The first-order chi connectivity index (χ1) is 27.6. The molecule has 4 aliphatic heterocycles. The van der Waals surface area contributed by atoms with Crippen LogP contribution in [0.25, 0.3) is 32.9 Å². The molecule has 57 heavy (non-hydrogen) atoms. The largest absolute Gasteiger partial charge is 0.369 e. The van der Waals surface area contributed by atoms with E-state index in [0.717, 1.165) is 41.1 Å². The Morgan fingerprint density at radius 3 is 2.33 bits per heavy atom. The maximum atomic E-state index is 15.5. The van der Waals surface area contributed by atoms with E-state index in [4.69, 9.17) is 0 Å². The Bertz CT molecular complexity index is 2530. The average molecular weight is 775 g/mol. The van der Waals surface area contributed by atoms with Gasteiger partial charge in [0.15, 0.2) is 11.6 Å². The number of hydrogen-bond donors (Lipinski definition) is 1. The second-order valence-corrected chi connectivity index (χ2v) is 14.8. The molecule has 290 valence electrons. The molecule has 15 heteroatoms. The van der Waals surface area contributed by atoms with Crippen LogP contribution in [0.3, 0.4) is 0 Å². The maximum Gasteiger partial charge on any atom is 0.319 e. The molecule has 3 aromatic heterocycles. The van der Waals surface area contributed by atoms with E-state index in [-0.39, 0.29) is 35.7 Å². The van der Waals surface area contributed by atoms with Crippen LogP contribution in [-0.2, 0) is 9.59 Å². The van der Waals surface area contributed by atoms with E-state index in [1.807, 2.05) is 11.0 Å². The lowest BCUT2D eigenvalue weighted by atomic mass is 9.97. The third kappa shape index (κ3) is 6.63. The zero-order chi connectivity index (χ0) is 39.4. The normalized spacial score (nSPS) is 19.4. The number of hydrogen-bond acceptors (Lipinski definition) is 9. The molecule has 0 radical (unpaired) electrons. The Morgan fingerprint density at radius 2 is 1.58 bits per heavy atom. The van der Waals surface area contributed by atoms with Crippen LogP contribution >= 0.6 is 0 Å². The number of halogens is 3. The molecule has 1 atom stereocenters. The van der Waals surface area contributed by atoms with Gasteiger partial charge >= 0.3 is 6.55 Å². The minimum Gasteiger partial charge on any atom is -0.369 e. The monoisotopic (exact) mass is 774 g/mol. The summed E-state index contributed by atoms with van der Waals surface area (Å²) >= 11 is 0. The van der Waals surface area contributed by atoms with Gasteiger partial charge in [0.05, 0.1) is 28.7 Å². The Hall–Kier alpha value is -6.27. The fourth-order valence-electron chi connectivity index (χ4n) is 8.46. The van der Waals surface area contributed by atoms with E-state index in [1.54, 1.807) is 48.8 Å². The molecule has 0 saturated carbocycles. The van der Waals surface area contributed by atoms with Crippen LogP contribution < -0.4 is 15.1 Å². The summed E-state index contributed by atoms with van der Waals surface area (Å²) in [5, 5.41) is 3.50. The van der Waals surface area contributed by atoms with Gasteiger partial charge in [-0.3, -0.25) is 43.8 Å². The topological polar surface area (TPSA) is 124 Å². The molecule has 3 saturated heterocycles. The summed E-state index contributed by atoms with van der Waals surface area (Å²) in [6, 6.07) is 12.3. The van der Waals surface area contributed by atoms with Crippen LogP contribution in [0.4, 0.5) is 24.7 Å². The lowest BCUT2D eigenvalue weighted by molar-refractivity contribution is -0.136. The van der Waals surface area contributed by atoms with Gasteiger partial charge in [0.1, 0.15) is 6.04 Å². The highest BCUT2D eigenvalue weighted by Crippen LogP contribution is 2.36. The van der Waals surface area contributed by atoms with Gasteiger partial charge in [-0.15, -0.1) is 0 Å². The van der Waals surface area contributed by atoms with Crippen molar-refractivity contribution in [2.24, 2.45) is 5.92 Å². The van der Waals surface area contributed by atoms with Gasteiger partial charge in [-0.1, -0.05) is 24.0 Å². The fourth-order valence-corrected chi connectivity index (χ4v) is 8.46. The molecule has 5 aromatic rings. The number of rotatable bonds is 6. The van der Waals surface area contributed by atoms with E-state index < -0.39 is 42.0 Å². The number of pyridine rings is 2. The van der Waals surface area contributed by atoms with Crippen molar-refractivity contribution in [3.05, 3.63) is 84.1 Å². The maximum absolute atomic E-state index is 15.5. The number of anilines is 2. The molecular formula is C42H37F3N8O4. The molecule has 1 N–H and O–H groups in total. The average Bonchev–Trinajstić information content (AvgIpc) is 3.68. The van der Waals surface area contributed by atoms with Gasteiger partial charge in [-0.05, 0) is 61.2 Å². The van der Waals surface area contributed by atoms with Crippen LogP contribution in [0, 0.1) is 23.6 Å². The SMILES string of the molecule is O=C1CCC(N2C(=O)c3ccc(N4CCN(CC#CC5CCN(c6ncc(-c7ccc8c9cnccc9n(C(F)F)c8c7)cc6F)CC5)CC4)cc3C2=O)C(=O)N1. The molecule has 0 bridgehead atoms. The fraction of sp³-hybridized carbons (Fsp3) is 0.333. The number of alkyl halides is 2. The Balaban J connectivity index is 0.774. The summed E-state index contributed by atoms with van der Waals surface area (Å²) in [7, 11) is 0. The molecule has 9 rings (SSSR count). The first kappa shape index (κ1) is 36.4. The molecule has 4 aliphatic rings. The Kier molecular flexibility index (Phi) is 9.36. The molecule has 0 aliphatic carbocycles. The summed E-state index contributed by atoms with van der Waals surface area (Å²) in [5.41, 5.74) is 3.17. The number of benzene rings is 2. The van der Waals surface area contributed by atoms with E-state index in [2.05, 4.69) is 36.9 Å². The van der Waals surface area contributed by atoms with Gasteiger partial charge in [0, 0.05) is 92.2 Å². The van der Waals surface area contributed by atoms with E-state index in [0.29, 0.717) is 65.7 Å². The zero-order valence-electron chi connectivity index (χ0n) is 30.8. The summed E-state index contributed by atoms with van der Waals surface area (Å²) in [4.78, 5) is 66.2. The standard InChI is InChI=1S/C42H37F3N8O4/c43-33-20-27(26-3-5-29-32-24-46-12-9-34(32)52(42(44)45)36(29)21-26)23-47-38(33)51-14-10-25(11-15-51)2-1-13-49-16-18-50(19-17-49)28-4-6-30-31(22-28)41(57)53(40(30)56)35-7-8-37(54)48-39(35)55/h3-6,9,12,20-25,35,42H,7-8,10-11,13-19H2,(H,48,54,55). The van der Waals surface area contributed by atoms with E-state index in [9.17, 15) is 28.0 Å². The van der Waals surface area contributed by atoms with E-state index in [1.165, 1.54) is 12.3 Å². The second kappa shape index (κ2) is 14.7. The van der Waals surface area contributed by atoms with E-state index >= 15 is 4.39 Å². The molecule has 1 unspecified atom stereocenters. The van der Waals surface area contributed by atoms with Crippen LogP contribution in [-0.4, -0.2) is 99.8 Å². The molecule has 0 spiro atoms. The highest BCUT2D eigenvalue weighted by atomic mass is 19.3. The van der Waals surface area contributed by atoms with Gasteiger partial charge in [-0.2, -0.15) is 8.78 Å². The number of carbonyl (C=O) groups is 4. The Morgan fingerprint density at radius 1 is 0.789 bits per heavy atom. The van der Waals surface area contributed by atoms with Crippen LogP contribution in [0.2, 0.25) is 0 Å². The zero-order valence-corrected chi connectivity index (χ0v) is 30.8. The summed E-state index contributed by atoms with van der Waals surface area (Å²) < 4.78 is 44.7. The van der Waals surface area contributed by atoms with Crippen molar-refractivity contribution in [2.75, 3.05) is 55.6 Å². The third-order valence-electron chi connectivity index (χ3n) is 11.5. The van der Waals surface area contributed by atoms with Gasteiger partial charge in [0.25, 0.3) is 11.8 Å². The first-order valence-electron chi connectivity index (χ1n) is 19.0. The predicted octanol–water partition coefficient (Wildman–Crippen LogP) is 5.23. The number of aromatic nitrogens is 3. The van der Waals surface area contributed by atoms with Crippen molar-refractivity contribution >= 4 is 56.9 Å². The van der Waals surface area contributed by atoms with Crippen molar-refractivity contribution in [1.29, 1.82) is 0 Å². The number of nitrogens with zero attached hydrogens (tertiary/aromatic N) is 7. The molecule has 4 amide bonds. The number of imide groups is 2. The number of fused-ring (bicyclic) bond motifs is 4. The highest BCUT2D eigenvalue weighted by molar-refractivity contribution is 6.23. The third-order valence-corrected chi connectivity index (χ3v) is 11.5. The van der Waals surface area contributed by atoms with Gasteiger partial charge in [-0.25, -0.2) is 9.37 Å². The van der Waals surface area contributed by atoms with Crippen LogP contribution in [0.15, 0.2) is 67.1 Å². The molecular weight excluding hydrogens is 738 g/mol. The number of carbonyl (C=O) groups excluding carboxylic acids is 4. The van der Waals surface area contributed by atoms with Crippen molar-refractivity contribution in [2.45, 2.75) is 38.3 Å². The second-order valence-electron chi connectivity index (χ2n) is 14.8. The smallest absolute Gasteiger partial charge is 0.319 e. The first-order valence-corrected chi connectivity index (χ1v) is 19.0.